The molecule has 1 unspecified atom stereocenters. The van der Waals surface area contributed by atoms with Crippen LogP contribution in [0.5, 0.6) is 5.75 Å². The molecule has 2 nitrogen and oxygen atoms in total. The number of nitrogens with one attached hydrogen (secondary N) is 1. The predicted octanol–water partition coefficient (Wildman–Crippen LogP) is 3.04. The van der Waals surface area contributed by atoms with Gasteiger partial charge in [0.15, 0.2) is 0 Å². The van der Waals surface area contributed by atoms with E-state index in [1.165, 1.54) is 11.1 Å². The minimum atomic E-state index is 0.530. The molecule has 1 aliphatic heterocycles. The first-order valence-electron chi connectivity index (χ1n) is 5.69. The Kier molecular flexibility index (Phi) is 3.41. The molecule has 1 aromatic rings. The lowest BCUT2D eigenvalue weighted by molar-refractivity contribution is 0.407. The SMILES string of the molecule is COc1c(C)cc(Cl)c(C2CCNC2)c1C. The van der Waals surface area contributed by atoms with Gasteiger partial charge in [0.1, 0.15) is 5.75 Å². The highest BCUT2D eigenvalue weighted by Crippen LogP contribution is 2.38. The number of benzene rings is 1. The lowest BCUT2D eigenvalue weighted by Gasteiger charge is -2.19. The number of methoxy groups -OCH3 is 1. The maximum absolute atomic E-state index is 6.36. The van der Waals surface area contributed by atoms with Gasteiger partial charge in [0.25, 0.3) is 0 Å². The molecule has 88 valence electrons. The second-order valence-electron chi connectivity index (χ2n) is 4.44. The molecule has 3 heteroatoms. The standard InChI is InChI=1S/C13H18ClNO/c1-8-6-11(14)12(9(2)13(8)16-3)10-4-5-15-7-10/h6,10,15H,4-5,7H2,1-3H3. The Labute approximate surface area is 102 Å². The molecule has 1 aliphatic rings. The molecule has 0 bridgehead atoms. The van der Waals surface area contributed by atoms with E-state index in [0.29, 0.717) is 5.92 Å². The smallest absolute Gasteiger partial charge is 0.125 e. The summed E-state index contributed by atoms with van der Waals surface area (Å²) < 4.78 is 5.45. The molecule has 0 spiro atoms. The number of halogens is 1. The van der Waals surface area contributed by atoms with Crippen LogP contribution in [-0.2, 0) is 0 Å². The topological polar surface area (TPSA) is 21.3 Å². The van der Waals surface area contributed by atoms with Gasteiger partial charge in [-0.15, -0.1) is 0 Å². The Hall–Kier alpha value is -0.730. The van der Waals surface area contributed by atoms with Gasteiger partial charge < -0.3 is 10.1 Å². The number of hydrogen-bond acceptors (Lipinski definition) is 2. The summed E-state index contributed by atoms with van der Waals surface area (Å²) in [6, 6.07) is 2.01. The molecule has 1 aromatic carbocycles. The summed E-state index contributed by atoms with van der Waals surface area (Å²) in [6.07, 6.45) is 1.16. The first kappa shape index (κ1) is 11.7. The highest BCUT2D eigenvalue weighted by Gasteiger charge is 2.23. The summed E-state index contributed by atoms with van der Waals surface area (Å²) in [5.74, 6) is 1.51. The van der Waals surface area contributed by atoms with Gasteiger partial charge in [-0.25, -0.2) is 0 Å². The molecule has 0 amide bonds. The third-order valence-corrected chi connectivity index (χ3v) is 3.69. The summed E-state index contributed by atoms with van der Waals surface area (Å²) in [6.45, 7) is 6.24. The average Bonchev–Trinajstić information content (AvgIpc) is 2.70. The summed E-state index contributed by atoms with van der Waals surface area (Å²) in [5, 5.41) is 4.26. The summed E-state index contributed by atoms with van der Waals surface area (Å²) in [5.41, 5.74) is 3.56. The van der Waals surface area contributed by atoms with Gasteiger partial charge >= 0.3 is 0 Å². The molecule has 1 N–H and O–H groups in total. The van der Waals surface area contributed by atoms with Gasteiger partial charge in [-0.3, -0.25) is 0 Å². The van der Waals surface area contributed by atoms with Crippen molar-refractivity contribution in [1.29, 1.82) is 0 Å². The molecule has 0 aromatic heterocycles. The second kappa shape index (κ2) is 4.64. The molecule has 1 saturated heterocycles. The maximum atomic E-state index is 6.36. The molecular formula is C13H18ClNO. The van der Waals surface area contributed by atoms with Crippen molar-refractivity contribution in [3.8, 4) is 5.75 Å². The van der Waals surface area contributed by atoms with Crippen LogP contribution in [0.2, 0.25) is 5.02 Å². The van der Waals surface area contributed by atoms with Crippen molar-refractivity contribution in [2.24, 2.45) is 0 Å². The molecule has 0 radical (unpaired) electrons. The van der Waals surface area contributed by atoms with Crippen LogP contribution >= 0.6 is 11.6 Å². The fraction of sp³-hybridized carbons (Fsp3) is 0.538. The fourth-order valence-corrected chi connectivity index (χ4v) is 3.11. The van der Waals surface area contributed by atoms with Crippen LogP contribution in [0, 0.1) is 13.8 Å². The molecule has 0 saturated carbocycles. The van der Waals surface area contributed by atoms with Crippen molar-refractivity contribution in [2.45, 2.75) is 26.2 Å². The van der Waals surface area contributed by atoms with Crippen LogP contribution in [0.15, 0.2) is 6.07 Å². The van der Waals surface area contributed by atoms with Gasteiger partial charge in [0, 0.05) is 11.6 Å². The van der Waals surface area contributed by atoms with E-state index in [0.717, 1.165) is 35.8 Å². The van der Waals surface area contributed by atoms with Crippen molar-refractivity contribution >= 4 is 11.6 Å². The third kappa shape index (κ3) is 1.92. The molecule has 1 heterocycles. The zero-order valence-corrected chi connectivity index (χ0v) is 10.8. The molecule has 1 atom stereocenters. The fourth-order valence-electron chi connectivity index (χ4n) is 2.65. The summed E-state index contributed by atoms with van der Waals surface area (Å²) in [7, 11) is 1.72. The Morgan fingerprint density at radius 1 is 1.44 bits per heavy atom. The Balaban J connectivity index is 2.50. The highest BCUT2D eigenvalue weighted by atomic mass is 35.5. The van der Waals surface area contributed by atoms with Crippen LogP contribution in [0.25, 0.3) is 0 Å². The van der Waals surface area contributed by atoms with Crippen molar-refractivity contribution in [3.63, 3.8) is 0 Å². The largest absolute Gasteiger partial charge is 0.496 e. The van der Waals surface area contributed by atoms with E-state index >= 15 is 0 Å². The van der Waals surface area contributed by atoms with Crippen LogP contribution < -0.4 is 10.1 Å². The second-order valence-corrected chi connectivity index (χ2v) is 4.84. The van der Waals surface area contributed by atoms with Gasteiger partial charge in [0.2, 0.25) is 0 Å². The molecule has 16 heavy (non-hydrogen) atoms. The average molecular weight is 240 g/mol. The minimum Gasteiger partial charge on any atom is -0.496 e. The summed E-state index contributed by atoms with van der Waals surface area (Å²) in [4.78, 5) is 0. The van der Waals surface area contributed by atoms with Crippen molar-refractivity contribution in [3.05, 3.63) is 27.8 Å². The van der Waals surface area contributed by atoms with Gasteiger partial charge in [-0.05, 0) is 55.5 Å². The van der Waals surface area contributed by atoms with E-state index in [1.54, 1.807) is 7.11 Å². The van der Waals surface area contributed by atoms with Gasteiger partial charge in [-0.1, -0.05) is 11.6 Å². The maximum Gasteiger partial charge on any atom is 0.125 e. The van der Waals surface area contributed by atoms with Crippen LogP contribution in [0.3, 0.4) is 0 Å². The highest BCUT2D eigenvalue weighted by molar-refractivity contribution is 6.31. The van der Waals surface area contributed by atoms with Crippen molar-refractivity contribution in [1.82, 2.24) is 5.32 Å². The van der Waals surface area contributed by atoms with E-state index in [9.17, 15) is 0 Å². The lowest BCUT2D eigenvalue weighted by atomic mass is 9.92. The van der Waals surface area contributed by atoms with E-state index in [-0.39, 0.29) is 0 Å². The van der Waals surface area contributed by atoms with Gasteiger partial charge in [0.05, 0.1) is 7.11 Å². The van der Waals surface area contributed by atoms with E-state index in [2.05, 4.69) is 12.2 Å². The monoisotopic (exact) mass is 239 g/mol. The van der Waals surface area contributed by atoms with E-state index in [1.807, 2.05) is 13.0 Å². The molecule has 2 rings (SSSR count). The first-order valence-corrected chi connectivity index (χ1v) is 6.07. The quantitative estimate of drug-likeness (QED) is 0.857. The lowest BCUT2D eigenvalue weighted by Crippen LogP contribution is -2.10. The van der Waals surface area contributed by atoms with Crippen LogP contribution in [0.4, 0.5) is 0 Å². The van der Waals surface area contributed by atoms with E-state index in [4.69, 9.17) is 16.3 Å². The number of hydrogen-bond donors (Lipinski definition) is 1. The summed E-state index contributed by atoms with van der Waals surface area (Å²) >= 11 is 6.36. The normalized spacial score (nSPS) is 20.1. The zero-order chi connectivity index (χ0) is 11.7. The van der Waals surface area contributed by atoms with Crippen LogP contribution in [0.1, 0.15) is 29.0 Å². The number of ether oxygens (including phenoxy) is 1. The van der Waals surface area contributed by atoms with Crippen LogP contribution in [-0.4, -0.2) is 20.2 Å². The number of rotatable bonds is 2. The van der Waals surface area contributed by atoms with Crippen molar-refractivity contribution in [2.75, 3.05) is 20.2 Å². The Bertz CT molecular complexity index is 397. The third-order valence-electron chi connectivity index (χ3n) is 3.38. The molecule has 0 aliphatic carbocycles. The zero-order valence-electron chi connectivity index (χ0n) is 10.1. The van der Waals surface area contributed by atoms with E-state index < -0.39 is 0 Å². The molecule has 1 fully saturated rings. The van der Waals surface area contributed by atoms with Gasteiger partial charge in [-0.2, -0.15) is 0 Å². The van der Waals surface area contributed by atoms with Crippen molar-refractivity contribution < 1.29 is 4.74 Å². The minimum absolute atomic E-state index is 0.530. The first-order chi connectivity index (χ1) is 7.65. The Morgan fingerprint density at radius 2 is 2.19 bits per heavy atom. The molecular weight excluding hydrogens is 222 g/mol. The Morgan fingerprint density at radius 3 is 2.75 bits per heavy atom. The predicted molar refractivity (Wildman–Crippen MR) is 67.7 cm³/mol. The number of aryl methyl sites for hydroxylation is 1.